The first-order chi connectivity index (χ1) is 11.5. The maximum atomic E-state index is 13.0. The van der Waals surface area contributed by atoms with Gasteiger partial charge in [0.05, 0.1) is 11.1 Å². The first-order valence-corrected chi connectivity index (χ1v) is 6.86. The van der Waals surface area contributed by atoms with Gasteiger partial charge in [0.2, 0.25) is 0 Å². The first-order valence-electron chi connectivity index (χ1n) is 6.86. The lowest BCUT2D eigenvalue weighted by atomic mass is 10.1. The van der Waals surface area contributed by atoms with Crippen molar-refractivity contribution in [3.05, 3.63) is 65.2 Å². The zero-order valence-corrected chi connectivity index (χ0v) is 12.3. The molecular weight excluding hydrogens is 354 g/mol. The molecule has 3 nitrogen and oxygen atoms in total. The molecule has 0 aromatic heterocycles. The van der Waals surface area contributed by atoms with Gasteiger partial charge in [-0.2, -0.15) is 26.3 Å². The topological polar surface area (TPSA) is 49.7 Å². The zero-order valence-electron chi connectivity index (χ0n) is 12.3. The van der Waals surface area contributed by atoms with Crippen LogP contribution in [-0.4, -0.2) is 16.5 Å². The van der Waals surface area contributed by atoms with Crippen molar-refractivity contribution >= 4 is 0 Å². The van der Waals surface area contributed by atoms with E-state index < -0.39 is 41.6 Å². The quantitative estimate of drug-likeness (QED) is 0.631. The normalized spacial score (nSPS) is 13.8. The lowest BCUT2D eigenvalue weighted by Gasteiger charge is -2.23. The van der Waals surface area contributed by atoms with Gasteiger partial charge in [0.25, 0.3) is 0 Å². The van der Waals surface area contributed by atoms with Crippen molar-refractivity contribution in [1.29, 1.82) is 0 Å². The number of rotatable bonds is 4. The van der Waals surface area contributed by atoms with Crippen LogP contribution in [0.3, 0.4) is 0 Å². The van der Waals surface area contributed by atoms with Crippen LogP contribution in [0.25, 0.3) is 0 Å². The highest BCUT2D eigenvalue weighted by molar-refractivity contribution is 5.37. The average molecular weight is 366 g/mol. The summed E-state index contributed by atoms with van der Waals surface area (Å²) in [7, 11) is 0. The SMILES string of the molecule is OC(O)C(Oc1ccccc1C(F)(F)F)c1ccc(C(F)(F)F)cc1. The molecule has 9 heteroatoms. The van der Waals surface area contributed by atoms with E-state index in [2.05, 4.69) is 0 Å². The Balaban J connectivity index is 2.35. The van der Waals surface area contributed by atoms with Crippen LogP contribution < -0.4 is 4.74 Å². The molecule has 0 amide bonds. The lowest BCUT2D eigenvalue weighted by Crippen LogP contribution is -2.24. The van der Waals surface area contributed by atoms with E-state index in [4.69, 9.17) is 4.74 Å². The molecule has 2 aromatic rings. The minimum absolute atomic E-state index is 0.125. The van der Waals surface area contributed by atoms with Crippen LogP contribution in [0.15, 0.2) is 48.5 Å². The van der Waals surface area contributed by atoms with E-state index in [-0.39, 0.29) is 5.56 Å². The van der Waals surface area contributed by atoms with Crippen LogP contribution in [0.4, 0.5) is 26.3 Å². The Kier molecular flexibility index (Phi) is 5.28. The van der Waals surface area contributed by atoms with Gasteiger partial charge >= 0.3 is 12.4 Å². The summed E-state index contributed by atoms with van der Waals surface area (Å²) in [6.07, 6.45) is -13.3. The third-order valence-electron chi connectivity index (χ3n) is 3.28. The predicted octanol–water partition coefficient (Wildman–Crippen LogP) is 4.16. The highest BCUT2D eigenvalue weighted by atomic mass is 19.4. The summed E-state index contributed by atoms with van der Waals surface area (Å²) in [6.45, 7) is 0. The van der Waals surface area contributed by atoms with Gasteiger partial charge in [-0.1, -0.05) is 24.3 Å². The van der Waals surface area contributed by atoms with Gasteiger partial charge in [0.15, 0.2) is 12.4 Å². The molecule has 0 saturated carbocycles. The van der Waals surface area contributed by atoms with Gasteiger partial charge in [-0.25, -0.2) is 0 Å². The number of ether oxygens (including phenoxy) is 1. The van der Waals surface area contributed by atoms with E-state index in [0.717, 1.165) is 30.3 Å². The second-order valence-corrected chi connectivity index (χ2v) is 5.07. The Morgan fingerprint density at radius 2 is 1.32 bits per heavy atom. The Morgan fingerprint density at radius 1 is 0.760 bits per heavy atom. The van der Waals surface area contributed by atoms with Crippen molar-refractivity contribution in [2.45, 2.75) is 24.7 Å². The number of hydrogen-bond acceptors (Lipinski definition) is 3. The molecule has 0 aliphatic heterocycles. The number of hydrogen-bond donors (Lipinski definition) is 2. The Hall–Kier alpha value is -2.26. The molecule has 0 saturated heterocycles. The second kappa shape index (κ2) is 6.93. The lowest BCUT2D eigenvalue weighted by molar-refractivity contribution is -0.144. The van der Waals surface area contributed by atoms with E-state index in [1.807, 2.05) is 0 Å². The van der Waals surface area contributed by atoms with Crippen molar-refractivity contribution in [2.24, 2.45) is 0 Å². The molecular formula is C16H12F6O3. The van der Waals surface area contributed by atoms with Gasteiger partial charge in [0, 0.05) is 0 Å². The Labute approximate surface area is 138 Å². The minimum Gasteiger partial charge on any atom is -0.480 e. The van der Waals surface area contributed by atoms with E-state index in [9.17, 15) is 36.6 Å². The predicted molar refractivity (Wildman–Crippen MR) is 74.5 cm³/mol. The molecule has 0 fully saturated rings. The van der Waals surface area contributed by atoms with E-state index in [1.54, 1.807) is 0 Å². The van der Waals surface area contributed by atoms with Crippen LogP contribution in [-0.2, 0) is 12.4 Å². The fraction of sp³-hybridized carbons (Fsp3) is 0.250. The fourth-order valence-corrected chi connectivity index (χ4v) is 2.10. The fourth-order valence-electron chi connectivity index (χ4n) is 2.10. The molecule has 0 heterocycles. The molecule has 2 aromatic carbocycles. The largest absolute Gasteiger partial charge is 0.480 e. The van der Waals surface area contributed by atoms with Gasteiger partial charge < -0.3 is 14.9 Å². The van der Waals surface area contributed by atoms with Crippen LogP contribution >= 0.6 is 0 Å². The van der Waals surface area contributed by atoms with E-state index in [0.29, 0.717) is 12.1 Å². The zero-order chi connectivity index (χ0) is 18.8. The van der Waals surface area contributed by atoms with Crippen LogP contribution in [0.2, 0.25) is 0 Å². The molecule has 0 bridgehead atoms. The number of aliphatic hydroxyl groups excluding tert-OH is 1. The van der Waals surface area contributed by atoms with Crippen LogP contribution in [0, 0.1) is 0 Å². The summed E-state index contributed by atoms with van der Waals surface area (Å²) in [5.74, 6) is -0.673. The van der Waals surface area contributed by atoms with E-state index in [1.165, 1.54) is 6.07 Å². The number of benzene rings is 2. The number of halogens is 6. The standard InChI is InChI=1S/C16H12F6O3/c17-15(18,19)10-7-5-9(6-8-10)13(14(23)24)25-12-4-2-1-3-11(12)16(20,21)22/h1-8,13-14,23-24H. The van der Waals surface area contributed by atoms with E-state index >= 15 is 0 Å². The summed E-state index contributed by atoms with van der Waals surface area (Å²) in [5, 5.41) is 18.8. The Morgan fingerprint density at radius 3 is 1.80 bits per heavy atom. The molecule has 1 unspecified atom stereocenters. The molecule has 0 radical (unpaired) electrons. The summed E-state index contributed by atoms with van der Waals surface area (Å²) < 4.78 is 81.6. The monoisotopic (exact) mass is 366 g/mol. The molecule has 2 rings (SSSR count). The third-order valence-corrected chi connectivity index (χ3v) is 3.28. The molecule has 25 heavy (non-hydrogen) atoms. The average Bonchev–Trinajstić information content (AvgIpc) is 2.51. The smallest absolute Gasteiger partial charge is 0.419 e. The number of alkyl halides is 6. The molecule has 2 N–H and O–H groups in total. The number of aliphatic hydroxyl groups is 2. The maximum Gasteiger partial charge on any atom is 0.419 e. The van der Waals surface area contributed by atoms with Crippen LogP contribution in [0.1, 0.15) is 22.8 Å². The van der Waals surface area contributed by atoms with Crippen molar-refractivity contribution in [3.8, 4) is 5.75 Å². The van der Waals surface area contributed by atoms with Crippen molar-refractivity contribution in [3.63, 3.8) is 0 Å². The molecule has 136 valence electrons. The van der Waals surface area contributed by atoms with Crippen molar-refractivity contribution in [2.75, 3.05) is 0 Å². The molecule has 0 aliphatic rings. The highest BCUT2D eigenvalue weighted by Gasteiger charge is 2.36. The van der Waals surface area contributed by atoms with Gasteiger partial charge in [-0.15, -0.1) is 0 Å². The summed E-state index contributed by atoms with van der Waals surface area (Å²) in [6, 6.07) is 7.24. The summed E-state index contributed by atoms with van der Waals surface area (Å²) >= 11 is 0. The molecule has 0 aliphatic carbocycles. The van der Waals surface area contributed by atoms with Crippen molar-refractivity contribution in [1.82, 2.24) is 0 Å². The summed E-state index contributed by atoms with van der Waals surface area (Å²) in [5.41, 5.74) is -2.26. The maximum absolute atomic E-state index is 13.0. The molecule has 0 spiro atoms. The molecule has 1 atom stereocenters. The first kappa shape index (κ1) is 19.1. The summed E-state index contributed by atoms with van der Waals surface area (Å²) in [4.78, 5) is 0. The van der Waals surface area contributed by atoms with Gasteiger partial charge in [0.1, 0.15) is 5.75 Å². The van der Waals surface area contributed by atoms with Crippen LogP contribution in [0.5, 0.6) is 5.75 Å². The Bertz CT molecular complexity index is 707. The minimum atomic E-state index is -4.75. The highest BCUT2D eigenvalue weighted by Crippen LogP contribution is 2.38. The van der Waals surface area contributed by atoms with Gasteiger partial charge in [-0.05, 0) is 29.8 Å². The van der Waals surface area contributed by atoms with Gasteiger partial charge in [-0.3, -0.25) is 0 Å². The second-order valence-electron chi connectivity index (χ2n) is 5.07. The van der Waals surface area contributed by atoms with Crippen molar-refractivity contribution < 1.29 is 41.3 Å². The number of para-hydroxylation sites is 1. The third kappa shape index (κ3) is 4.64.